The van der Waals surface area contributed by atoms with Crippen LogP contribution in [0.4, 0.5) is 18.0 Å². The lowest BCUT2D eigenvalue weighted by Gasteiger charge is -2.25. The smallest absolute Gasteiger partial charge is 0.407 e. The molecule has 2 unspecified atom stereocenters. The zero-order valence-corrected chi connectivity index (χ0v) is 11.8. The monoisotopic (exact) mass is 299 g/mol. The second kappa shape index (κ2) is 8.65. The van der Waals surface area contributed by atoms with E-state index in [2.05, 4.69) is 4.74 Å². The second-order valence-electron chi connectivity index (χ2n) is 4.19. The van der Waals surface area contributed by atoms with Crippen LogP contribution in [0.5, 0.6) is 0 Å². The molecule has 8 heteroatoms. The lowest BCUT2D eigenvalue weighted by atomic mass is 10.0. The molecule has 0 heterocycles. The first-order chi connectivity index (χ1) is 9.23. The number of alkyl carbamates (subject to hydrolysis) is 1. The molecule has 0 aliphatic heterocycles. The fourth-order valence-corrected chi connectivity index (χ4v) is 1.28. The van der Waals surface area contributed by atoms with E-state index in [1.165, 1.54) is 6.92 Å². The molecule has 1 N–H and O–H groups in total. The standard InChI is InChI=1S/C12H20F3NO4/c1-4-6-7-20-10(17)9(8(3)12(13,14)15)16-11(18)19-5-2/h8-9H,4-7H2,1-3H3,(H,16,18). The number of esters is 1. The Hall–Kier alpha value is -1.47. The van der Waals surface area contributed by atoms with Crippen molar-refractivity contribution in [1.29, 1.82) is 0 Å². The normalized spacial score (nSPS) is 14.3. The maximum Gasteiger partial charge on any atom is 0.407 e. The maximum absolute atomic E-state index is 12.7. The third kappa shape index (κ3) is 6.63. The minimum absolute atomic E-state index is 0.0101. The van der Waals surface area contributed by atoms with Crippen LogP contribution in [-0.2, 0) is 14.3 Å². The van der Waals surface area contributed by atoms with E-state index in [1.807, 2.05) is 12.2 Å². The van der Waals surface area contributed by atoms with Gasteiger partial charge in [-0.05, 0) is 13.3 Å². The number of amides is 1. The quantitative estimate of drug-likeness (QED) is 0.580. The first-order valence-corrected chi connectivity index (χ1v) is 6.40. The Morgan fingerprint density at radius 2 is 1.80 bits per heavy atom. The highest BCUT2D eigenvalue weighted by atomic mass is 19.4. The molecule has 0 bridgehead atoms. The summed E-state index contributed by atoms with van der Waals surface area (Å²) in [6.07, 6.45) is -4.44. The van der Waals surface area contributed by atoms with Gasteiger partial charge in [0, 0.05) is 0 Å². The molecule has 0 rings (SSSR count). The van der Waals surface area contributed by atoms with Gasteiger partial charge in [0.15, 0.2) is 0 Å². The van der Waals surface area contributed by atoms with Gasteiger partial charge in [0.2, 0.25) is 0 Å². The highest BCUT2D eigenvalue weighted by Gasteiger charge is 2.45. The van der Waals surface area contributed by atoms with Gasteiger partial charge in [-0.25, -0.2) is 9.59 Å². The van der Waals surface area contributed by atoms with Crippen LogP contribution in [0.2, 0.25) is 0 Å². The molecular weight excluding hydrogens is 279 g/mol. The second-order valence-corrected chi connectivity index (χ2v) is 4.19. The molecule has 1 amide bonds. The first-order valence-electron chi connectivity index (χ1n) is 6.40. The van der Waals surface area contributed by atoms with Crippen LogP contribution in [0, 0.1) is 5.92 Å². The van der Waals surface area contributed by atoms with Crippen LogP contribution >= 0.6 is 0 Å². The van der Waals surface area contributed by atoms with Gasteiger partial charge >= 0.3 is 18.2 Å². The lowest BCUT2D eigenvalue weighted by molar-refractivity contribution is -0.186. The van der Waals surface area contributed by atoms with Crippen molar-refractivity contribution in [1.82, 2.24) is 5.32 Å². The molecular formula is C12H20F3NO4. The van der Waals surface area contributed by atoms with Crippen molar-refractivity contribution in [3.63, 3.8) is 0 Å². The van der Waals surface area contributed by atoms with E-state index in [0.29, 0.717) is 6.42 Å². The molecule has 0 aromatic heterocycles. The Balaban J connectivity index is 4.77. The van der Waals surface area contributed by atoms with Gasteiger partial charge in [0.1, 0.15) is 6.04 Å². The third-order valence-corrected chi connectivity index (χ3v) is 2.56. The summed E-state index contributed by atoms with van der Waals surface area (Å²) in [5.74, 6) is -3.18. The zero-order valence-electron chi connectivity index (χ0n) is 11.8. The molecule has 0 radical (unpaired) electrons. The number of carbonyl (C=O) groups excluding carboxylic acids is 2. The van der Waals surface area contributed by atoms with E-state index in [-0.39, 0.29) is 13.2 Å². The van der Waals surface area contributed by atoms with Crippen molar-refractivity contribution in [2.75, 3.05) is 13.2 Å². The van der Waals surface area contributed by atoms with Gasteiger partial charge < -0.3 is 14.8 Å². The van der Waals surface area contributed by atoms with E-state index < -0.39 is 30.2 Å². The van der Waals surface area contributed by atoms with Gasteiger partial charge in [-0.3, -0.25) is 0 Å². The molecule has 20 heavy (non-hydrogen) atoms. The predicted octanol–water partition coefficient (Wildman–Crippen LogP) is 2.64. The molecule has 0 fully saturated rings. The molecule has 118 valence electrons. The maximum atomic E-state index is 12.7. The number of rotatable bonds is 7. The molecule has 0 aliphatic rings. The predicted molar refractivity (Wildman–Crippen MR) is 65.0 cm³/mol. The van der Waals surface area contributed by atoms with Crippen molar-refractivity contribution in [2.24, 2.45) is 5.92 Å². The number of hydrogen-bond donors (Lipinski definition) is 1. The summed E-state index contributed by atoms with van der Waals surface area (Å²) in [7, 11) is 0. The summed E-state index contributed by atoms with van der Waals surface area (Å²) in [4.78, 5) is 22.9. The van der Waals surface area contributed by atoms with Crippen molar-refractivity contribution in [3.8, 4) is 0 Å². The molecule has 0 aromatic rings. The molecule has 5 nitrogen and oxygen atoms in total. The molecule has 2 atom stereocenters. The van der Waals surface area contributed by atoms with E-state index in [1.54, 1.807) is 0 Å². The minimum Gasteiger partial charge on any atom is -0.464 e. The fourth-order valence-electron chi connectivity index (χ4n) is 1.28. The highest BCUT2D eigenvalue weighted by molar-refractivity contribution is 5.81. The number of halogens is 3. The van der Waals surface area contributed by atoms with Crippen LogP contribution in [-0.4, -0.2) is 37.5 Å². The van der Waals surface area contributed by atoms with Gasteiger partial charge in [-0.2, -0.15) is 13.2 Å². The van der Waals surface area contributed by atoms with Crippen molar-refractivity contribution >= 4 is 12.1 Å². The first kappa shape index (κ1) is 18.5. The third-order valence-electron chi connectivity index (χ3n) is 2.56. The summed E-state index contributed by atoms with van der Waals surface area (Å²) in [5, 5.41) is 1.90. The zero-order chi connectivity index (χ0) is 15.8. The number of hydrogen-bond acceptors (Lipinski definition) is 4. The molecule has 0 spiro atoms. The fraction of sp³-hybridized carbons (Fsp3) is 0.833. The van der Waals surface area contributed by atoms with Crippen LogP contribution in [0.1, 0.15) is 33.6 Å². The van der Waals surface area contributed by atoms with Crippen molar-refractivity contribution in [2.45, 2.75) is 45.8 Å². The Morgan fingerprint density at radius 1 is 1.20 bits per heavy atom. The number of unbranched alkanes of at least 4 members (excludes halogenated alkanes) is 1. The summed E-state index contributed by atoms with van der Waals surface area (Å²) in [6, 6.07) is -1.81. The Labute approximate surface area is 115 Å². The average Bonchev–Trinajstić information content (AvgIpc) is 2.34. The number of nitrogens with one attached hydrogen (secondary N) is 1. The lowest BCUT2D eigenvalue weighted by Crippen LogP contribution is -2.50. The van der Waals surface area contributed by atoms with Gasteiger partial charge in [-0.1, -0.05) is 20.3 Å². The van der Waals surface area contributed by atoms with E-state index in [0.717, 1.165) is 13.3 Å². The van der Waals surface area contributed by atoms with Crippen LogP contribution in [0.25, 0.3) is 0 Å². The molecule has 0 aromatic carbocycles. The minimum atomic E-state index is -4.63. The summed E-state index contributed by atoms with van der Waals surface area (Å²) in [6.45, 7) is 4.16. The van der Waals surface area contributed by atoms with Crippen LogP contribution in [0.15, 0.2) is 0 Å². The number of ether oxygens (including phenoxy) is 2. The molecule has 0 aliphatic carbocycles. The summed E-state index contributed by atoms with van der Waals surface area (Å²) in [5.41, 5.74) is 0. The summed E-state index contributed by atoms with van der Waals surface area (Å²) < 4.78 is 47.3. The number of alkyl halides is 3. The Kier molecular flexibility index (Phi) is 8.02. The van der Waals surface area contributed by atoms with E-state index in [4.69, 9.17) is 4.74 Å². The largest absolute Gasteiger partial charge is 0.464 e. The van der Waals surface area contributed by atoms with Crippen LogP contribution < -0.4 is 5.32 Å². The molecule has 0 saturated heterocycles. The van der Waals surface area contributed by atoms with Gasteiger partial charge in [0.25, 0.3) is 0 Å². The van der Waals surface area contributed by atoms with E-state index >= 15 is 0 Å². The SMILES string of the molecule is CCCCOC(=O)C(NC(=O)OCC)C(C)C(F)(F)F. The Bertz CT molecular complexity index is 320. The topological polar surface area (TPSA) is 64.6 Å². The molecule has 0 saturated carbocycles. The van der Waals surface area contributed by atoms with Crippen molar-refractivity contribution < 1.29 is 32.2 Å². The Morgan fingerprint density at radius 3 is 2.25 bits per heavy atom. The van der Waals surface area contributed by atoms with Crippen LogP contribution in [0.3, 0.4) is 0 Å². The highest BCUT2D eigenvalue weighted by Crippen LogP contribution is 2.29. The van der Waals surface area contributed by atoms with Gasteiger partial charge in [0.05, 0.1) is 19.1 Å². The number of carbonyl (C=O) groups is 2. The van der Waals surface area contributed by atoms with E-state index in [9.17, 15) is 22.8 Å². The summed E-state index contributed by atoms with van der Waals surface area (Å²) >= 11 is 0. The average molecular weight is 299 g/mol. The van der Waals surface area contributed by atoms with Crippen molar-refractivity contribution in [3.05, 3.63) is 0 Å². The van der Waals surface area contributed by atoms with Gasteiger partial charge in [-0.15, -0.1) is 0 Å².